The number of esters is 1. The smallest absolute Gasteiger partial charge is 0.426 e. The number of hydrazine groups is 1. The van der Waals surface area contributed by atoms with Gasteiger partial charge in [0.2, 0.25) is 0 Å². The van der Waals surface area contributed by atoms with Gasteiger partial charge in [-0.05, 0) is 27.7 Å². The van der Waals surface area contributed by atoms with E-state index in [1.807, 2.05) is 10.9 Å². The minimum Gasteiger partial charge on any atom is -0.465 e. The van der Waals surface area contributed by atoms with Crippen molar-refractivity contribution in [1.29, 1.82) is 0 Å². The van der Waals surface area contributed by atoms with Crippen LogP contribution in [-0.4, -0.2) is 36.8 Å². The van der Waals surface area contributed by atoms with Gasteiger partial charge < -0.3 is 14.8 Å². The molecule has 0 aromatic heterocycles. The molecule has 18 heavy (non-hydrogen) atoms. The molecule has 0 spiro atoms. The number of hydrogen-bond donors (Lipinski definition) is 3. The van der Waals surface area contributed by atoms with Crippen molar-refractivity contribution in [3.63, 3.8) is 0 Å². The van der Waals surface area contributed by atoms with Crippen LogP contribution in [0.3, 0.4) is 0 Å². The molecule has 0 aromatic carbocycles. The van der Waals surface area contributed by atoms with Gasteiger partial charge in [0, 0.05) is 0 Å². The van der Waals surface area contributed by atoms with Crippen LogP contribution < -0.4 is 16.2 Å². The van der Waals surface area contributed by atoms with E-state index in [2.05, 4.69) is 10.1 Å². The molecule has 0 unspecified atom stereocenters. The lowest BCUT2D eigenvalue weighted by Gasteiger charge is -2.19. The number of ether oxygens (including phenoxy) is 2. The molecular weight excluding hydrogens is 242 g/mol. The van der Waals surface area contributed by atoms with Crippen molar-refractivity contribution in [1.82, 2.24) is 16.2 Å². The number of hydrogen-bond acceptors (Lipinski definition) is 5. The minimum atomic E-state index is -0.797. The Labute approximate surface area is 105 Å². The maximum absolute atomic E-state index is 11.1. The van der Waals surface area contributed by atoms with E-state index >= 15 is 0 Å². The Hall–Kier alpha value is -1.99. The van der Waals surface area contributed by atoms with Gasteiger partial charge in [-0.2, -0.15) is 0 Å². The van der Waals surface area contributed by atoms with Crippen molar-refractivity contribution in [2.75, 3.05) is 13.2 Å². The second-order valence-corrected chi connectivity index (χ2v) is 4.24. The van der Waals surface area contributed by atoms with Crippen molar-refractivity contribution in [2.24, 2.45) is 0 Å². The lowest BCUT2D eigenvalue weighted by molar-refractivity contribution is -0.141. The molecule has 8 nitrogen and oxygen atoms in total. The summed E-state index contributed by atoms with van der Waals surface area (Å²) in [6.45, 7) is 6.67. The maximum atomic E-state index is 11.1. The first-order valence-electron chi connectivity index (χ1n) is 5.43. The van der Waals surface area contributed by atoms with Crippen LogP contribution in [0.2, 0.25) is 0 Å². The zero-order valence-electron chi connectivity index (χ0n) is 11.0. The molecule has 0 saturated carbocycles. The summed E-state index contributed by atoms with van der Waals surface area (Å²) < 4.78 is 9.46. The van der Waals surface area contributed by atoms with E-state index in [9.17, 15) is 14.4 Å². The quantitative estimate of drug-likeness (QED) is 0.500. The topological polar surface area (TPSA) is 106 Å². The molecule has 0 saturated heterocycles. The Morgan fingerprint density at radius 2 is 1.72 bits per heavy atom. The van der Waals surface area contributed by atoms with Gasteiger partial charge in [0.1, 0.15) is 12.1 Å². The van der Waals surface area contributed by atoms with E-state index in [1.165, 1.54) is 0 Å². The largest absolute Gasteiger partial charge is 0.465 e. The molecule has 0 atom stereocenters. The van der Waals surface area contributed by atoms with E-state index < -0.39 is 23.7 Å². The molecule has 0 aliphatic rings. The summed E-state index contributed by atoms with van der Waals surface area (Å²) >= 11 is 0. The predicted molar refractivity (Wildman–Crippen MR) is 62.5 cm³/mol. The van der Waals surface area contributed by atoms with Crippen LogP contribution in [-0.2, 0) is 14.3 Å². The van der Waals surface area contributed by atoms with Gasteiger partial charge in [-0.25, -0.2) is 20.4 Å². The second kappa shape index (κ2) is 7.36. The molecule has 8 heteroatoms. The molecule has 0 radical (unpaired) electrons. The van der Waals surface area contributed by atoms with Crippen LogP contribution in [0, 0.1) is 0 Å². The van der Waals surface area contributed by atoms with Crippen molar-refractivity contribution < 1.29 is 23.9 Å². The molecular formula is C10H19N3O5. The Balaban J connectivity index is 3.77. The molecule has 3 N–H and O–H groups in total. The highest BCUT2D eigenvalue weighted by atomic mass is 16.6. The second-order valence-electron chi connectivity index (χ2n) is 4.24. The van der Waals surface area contributed by atoms with E-state index in [4.69, 9.17) is 4.74 Å². The third-order valence-electron chi connectivity index (χ3n) is 1.38. The van der Waals surface area contributed by atoms with Crippen LogP contribution in [0.5, 0.6) is 0 Å². The van der Waals surface area contributed by atoms with Crippen molar-refractivity contribution in [3.05, 3.63) is 0 Å². The molecule has 3 amide bonds. The van der Waals surface area contributed by atoms with Gasteiger partial charge in [0.25, 0.3) is 0 Å². The van der Waals surface area contributed by atoms with E-state index in [0.29, 0.717) is 0 Å². The molecule has 104 valence electrons. The Bertz CT molecular complexity index is 311. The average Bonchev–Trinajstić information content (AvgIpc) is 2.21. The Kier molecular flexibility index (Phi) is 6.54. The van der Waals surface area contributed by atoms with Crippen LogP contribution in [0.4, 0.5) is 9.59 Å². The van der Waals surface area contributed by atoms with E-state index in [-0.39, 0.29) is 13.2 Å². The van der Waals surface area contributed by atoms with Crippen LogP contribution >= 0.6 is 0 Å². The zero-order chi connectivity index (χ0) is 14.2. The van der Waals surface area contributed by atoms with Crippen LogP contribution in [0.15, 0.2) is 0 Å². The highest BCUT2D eigenvalue weighted by molar-refractivity contribution is 5.82. The molecule has 0 heterocycles. The summed E-state index contributed by atoms with van der Waals surface area (Å²) in [5.41, 5.74) is 3.38. The van der Waals surface area contributed by atoms with Crippen molar-refractivity contribution >= 4 is 18.1 Å². The Morgan fingerprint density at radius 3 is 2.22 bits per heavy atom. The van der Waals surface area contributed by atoms with Gasteiger partial charge in [-0.15, -0.1) is 0 Å². The van der Waals surface area contributed by atoms with Crippen molar-refractivity contribution in [2.45, 2.75) is 33.3 Å². The standard InChI is InChI=1S/C10H19N3O5/c1-5-17-7(14)6-11-8(15)12-13-9(16)18-10(2,3)4/h5-6H2,1-4H3,(H,13,16)(H2,11,12,15). The number of carbonyl (C=O) groups excluding carboxylic acids is 3. The number of carbonyl (C=O) groups is 3. The lowest BCUT2D eigenvalue weighted by atomic mass is 10.2. The lowest BCUT2D eigenvalue weighted by Crippen LogP contribution is -2.49. The monoisotopic (exact) mass is 261 g/mol. The van der Waals surface area contributed by atoms with Gasteiger partial charge in [-0.3, -0.25) is 4.79 Å². The van der Waals surface area contributed by atoms with Gasteiger partial charge in [0.15, 0.2) is 0 Å². The summed E-state index contributed by atoms with van der Waals surface area (Å²) in [5.74, 6) is -0.565. The van der Waals surface area contributed by atoms with Crippen LogP contribution in [0.1, 0.15) is 27.7 Å². The number of rotatable bonds is 3. The number of urea groups is 1. The minimum absolute atomic E-state index is 0.234. The average molecular weight is 261 g/mol. The fraction of sp³-hybridized carbons (Fsp3) is 0.700. The predicted octanol–water partition coefficient (Wildman–Crippen LogP) is 0.288. The first kappa shape index (κ1) is 16.0. The molecule has 0 rings (SSSR count). The summed E-state index contributed by atoms with van der Waals surface area (Å²) in [6.07, 6.45) is -0.797. The first-order valence-corrected chi connectivity index (χ1v) is 5.43. The van der Waals surface area contributed by atoms with E-state index in [1.54, 1.807) is 27.7 Å². The van der Waals surface area contributed by atoms with Crippen molar-refractivity contribution in [3.8, 4) is 0 Å². The molecule has 0 aliphatic carbocycles. The summed E-state index contributed by atoms with van der Waals surface area (Å²) in [4.78, 5) is 33.2. The van der Waals surface area contributed by atoms with Gasteiger partial charge in [0.05, 0.1) is 6.61 Å². The highest BCUT2D eigenvalue weighted by Crippen LogP contribution is 2.05. The summed E-state index contributed by atoms with van der Waals surface area (Å²) in [6, 6.07) is -0.742. The molecule has 0 aliphatic heterocycles. The SMILES string of the molecule is CCOC(=O)CNC(=O)NNC(=O)OC(C)(C)C. The van der Waals surface area contributed by atoms with Gasteiger partial charge >= 0.3 is 18.1 Å². The Morgan fingerprint density at radius 1 is 1.11 bits per heavy atom. The summed E-state index contributed by atoms with van der Waals surface area (Å²) in [5, 5.41) is 2.19. The number of amides is 3. The highest BCUT2D eigenvalue weighted by Gasteiger charge is 2.16. The third kappa shape index (κ3) is 9.25. The molecule has 0 fully saturated rings. The number of nitrogens with one attached hydrogen (secondary N) is 3. The normalized spacial score (nSPS) is 10.2. The zero-order valence-corrected chi connectivity index (χ0v) is 11.0. The summed E-state index contributed by atoms with van der Waals surface area (Å²) in [7, 11) is 0. The fourth-order valence-electron chi connectivity index (χ4n) is 0.820. The van der Waals surface area contributed by atoms with Gasteiger partial charge in [-0.1, -0.05) is 0 Å². The van der Waals surface area contributed by atoms with Crippen LogP contribution in [0.25, 0.3) is 0 Å². The molecule has 0 bridgehead atoms. The fourth-order valence-corrected chi connectivity index (χ4v) is 0.820. The third-order valence-corrected chi connectivity index (χ3v) is 1.38. The van der Waals surface area contributed by atoms with E-state index in [0.717, 1.165) is 0 Å². The maximum Gasteiger partial charge on any atom is 0.426 e. The first-order chi connectivity index (χ1) is 8.24. The molecule has 0 aromatic rings.